The van der Waals surface area contributed by atoms with Gasteiger partial charge in [-0.05, 0) is 38.0 Å². The van der Waals surface area contributed by atoms with E-state index >= 15 is 0 Å². The number of ether oxygens (including phenoxy) is 1. The number of amides is 1. The largest absolute Gasteiger partial charge is 0.455 e. The van der Waals surface area contributed by atoms with E-state index in [-0.39, 0.29) is 17.5 Å². The summed E-state index contributed by atoms with van der Waals surface area (Å²) >= 11 is 1.09. The molecule has 3 rings (SSSR count). The van der Waals surface area contributed by atoms with Gasteiger partial charge in [0.25, 0.3) is 5.91 Å². The summed E-state index contributed by atoms with van der Waals surface area (Å²) < 4.78 is 6.94. The van der Waals surface area contributed by atoms with E-state index in [0.717, 1.165) is 23.5 Å². The van der Waals surface area contributed by atoms with Gasteiger partial charge in [0.2, 0.25) is 5.01 Å². The second kappa shape index (κ2) is 8.30. The number of nitrogens with zero attached hydrogens (tertiary/aromatic N) is 4. The molecule has 0 spiro atoms. The lowest BCUT2D eigenvalue weighted by atomic mass is 10.1. The lowest BCUT2D eigenvalue weighted by Gasteiger charge is -2.03. The minimum absolute atomic E-state index is 0.0528. The fourth-order valence-corrected chi connectivity index (χ4v) is 3.33. The zero-order valence-corrected chi connectivity index (χ0v) is 17.0. The molecule has 0 unspecified atom stereocenters. The normalized spacial score (nSPS) is 10.7. The van der Waals surface area contributed by atoms with Gasteiger partial charge in [-0.15, -0.1) is 10.2 Å². The summed E-state index contributed by atoms with van der Waals surface area (Å²) in [6.45, 7) is 5.57. The number of benzene rings is 1. The number of esters is 1. The fourth-order valence-electron chi connectivity index (χ4n) is 2.68. The highest BCUT2D eigenvalue weighted by Crippen LogP contribution is 2.17. The predicted octanol–water partition coefficient (Wildman–Crippen LogP) is 3.06. The van der Waals surface area contributed by atoms with Gasteiger partial charge in [-0.25, -0.2) is 4.79 Å². The molecule has 1 N–H and O–H groups in total. The maximum atomic E-state index is 12.3. The summed E-state index contributed by atoms with van der Waals surface area (Å²) in [5.74, 6) is -0.821. The number of carbonyl (C=O) groups is 2. The van der Waals surface area contributed by atoms with Crippen molar-refractivity contribution in [1.82, 2.24) is 20.0 Å². The Morgan fingerprint density at radius 1 is 1.18 bits per heavy atom. The van der Waals surface area contributed by atoms with Crippen molar-refractivity contribution in [2.45, 2.75) is 33.8 Å². The molecular formula is C19H21N5O3S. The second-order valence-corrected chi connectivity index (χ2v) is 7.31. The highest BCUT2D eigenvalue weighted by atomic mass is 32.1. The van der Waals surface area contributed by atoms with Gasteiger partial charge >= 0.3 is 5.97 Å². The van der Waals surface area contributed by atoms with Crippen LogP contribution in [0.5, 0.6) is 0 Å². The number of aromatic nitrogens is 4. The topological polar surface area (TPSA) is 99.0 Å². The highest BCUT2D eigenvalue weighted by Gasteiger charge is 2.20. The maximum absolute atomic E-state index is 12.3. The summed E-state index contributed by atoms with van der Waals surface area (Å²) in [7, 11) is 1.77. The van der Waals surface area contributed by atoms with E-state index < -0.39 is 5.97 Å². The number of hydrogen-bond acceptors (Lipinski definition) is 7. The molecule has 28 heavy (non-hydrogen) atoms. The first-order chi connectivity index (χ1) is 13.4. The second-order valence-electron chi connectivity index (χ2n) is 6.25. The van der Waals surface area contributed by atoms with Crippen molar-refractivity contribution in [3.63, 3.8) is 0 Å². The standard InChI is InChI=1S/C19H21N5O3S/c1-5-13-6-8-14(9-7-13)20-17(25)18-22-21-15(28-18)10-27-19(26)16-11(2)23-24(4)12(16)3/h6-9H,5,10H2,1-4H3,(H,20,25). The Hall–Kier alpha value is -3.07. The van der Waals surface area contributed by atoms with E-state index in [0.29, 0.717) is 22.0 Å². The van der Waals surface area contributed by atoms with Gasteiger partial charge in [-0.3, -0.25) is 9.48 Å². The lowest BCUT2D eigenvalue weighted by Crippen LogP contribution is -2.11. The van der Waals surface area contributed by atoms with Crippen LogP contribution >= 0.6 is 11.3 Å². The molecule has 8 nitrogen and oxygen atoms in total. The zero-order valence-electron chi connectivity index (χ0n) is 16.1. The highest BCUT2D eigenvalue weighted by molar-refractivity contribution is 7.13. The average molecular weight is 399 g/mol. The number of aryl methyl sites for hydroxylation is 3. The van der Waals surface area contributed by atoms with Crippen LogP contribution in [0.3, 0.4) is 0 Å². The van der Waals surface area contributed by atoms with E-state index in [9.17, 15) is 9.59 Å². The van der Waals surface area contributed by atoms with E-state index in [1.807, 2.05) is 24.3 Å². The molecule has 0 atom stereocenters. The number of nitrogens with one attached hydrogen (secondary N) is 1. The first-order valence-corrected chi connectivity index (χ1v) is 9.60. The Balaban J connectivity index is 1.60. The lowest BCUT2D eigenvalue weighted by molar-refractivity contribution is 0.0469. The number of anilines is 1. The number of carbonyl (C=O) groups excluding carboxylic acids is 2. The van der Waals surface area contributed by atoms with Crippen LogP contribution in [-0.2, 0) is 24.8 Å². The van der Waals surface area contributed by atoms with Gasteiger partial charge < -0.3 is 10.1 Å². The summed E-state index contributed by atoms with van der Waals surface area (Å²) in [6, 6.07) is 7.62. The van der Waals surface area contributed by atoms with Crippen LogP contribution in [0.25, 0.3) is 0 Å². The monoisotopic (exact) mass is 399 g/mol. The van der Waals surface area contributed by atoms with Gasteiger partial charge in [0.1, 0.15) is 12.2 Å². The smallest absolute Gasteiger partial charge is 0.342 e. The van der Waals surface area contributed by atoms with E-state index in [1.165, 1.54) is 5.56 Å². The van der Waals surface area contributed by atoms with E-state index in [2.05, 4.69) is 27.5 Å². The molecule has 0 bridgehead atoms. The quantitative estimate of drug-likeness (QED) is 0.640. The average Bonchev–Trinajstić information content (AvgIpc) is 3.25. The molecule has 0 aliphatic heterocycles. The molecule has 3 aromatic rings. The van der Waals surface area contributed by atoms with Crippen molar-refractivity contribution >= 4 is 28.9 Å². The van der Waals surface area contributed by atoms with Crippen LogP contribution in [0.1, 0.15) is 49.0 Å². The molecule has 9 heteroatoms. The van der Waals surface area contributed by atoms with Crippen molar-refractivity contribution in [2.24, 2.45) is 7.05 Å². The van der Waals surface area contributed by atoms with E-state index in [4.69, 9.17) is 4.74 Å². The van der Waals surface area contributed by atoms with E-state index in [1.54, 1.807) is 25.6 Å². The number of rotatable bonds is 6. The van der Waals surface area contributed by atoms with Gasteiger partial charge in [-0.1, -0.05) is 30.4 Å². The van der Waals surface area contributed by atoms with Crippen molar-refractivity contribution in [3.05, 3.63) is 56.8 Å². The van der Waals surface area contributed by atoms with Crippen LogP contribution in [-0.4, -0.2) is 31.9 Å². The SMILES string of the molecule is CCc1ccc(NC(=O)c2nnc(COC(=O)c3c(C)nn(C)c3C)s2)cc1. The first kappa shape index (κ1) is 19.7. The molecular weight excluding hydrogens is 378 g/mol. The third kappa shape index (κ3) is 4.25. The van der Waals surface area contributed by atoms with Gasteiger partial charge in [0.05, 0.1) is 5.69 Å². The Bertz CT molecular complexity index is 1010. The Labute approximate surface area is 166 Å². The molecule has 2 aromatic heterocycles. The molecule has 0 aliphatic carbocycles. The van der Waals surface area contributed by atoms with Gasteiger partial charge in [0, 0.05) is 18.4 Å². The molecule has 0 fully saturated rings. The molecule has 146 valence electrons. The van der Waals surface area contributed by atoms with Gasteiger partial charge in [0.15, 0.2) is 5.01 Å². The Morgan fingerprint density at radius 2 is 1.89 bits per heavy atom. The minimum Gasteiger partial charge on any atom is -0.455 e. The summed E-state index contributed by atoms with van der Waals surface area (Å²) in [5, 5.41) is 15.5. The maximum Gasteiger partial charge on any atom is 0.342 e. The van der Waals surface area contributed by atoms with Crippen molar-refractivity contribution in [1.29, 1.82) is 0 Å². The molecule has 0 radical (unpaired) electrons. The first-order valence-electron chi connectivity index (χ1n) is 8.79. The van der Waals surface area contributed by atoms with Crippen LogP contribution in [0.15, 0.2) is 24.3 Å². The molecule has 0 aliphatic rings. The van der Waals surface area contributed by atoms with Gasteiger partial charge in [-0.2, -0.15) is 5.10 Å². The fraction of sp³-hybridized carbons (Fsp3) is 0.316. The number of hydrogen-bond donors (Lipinski definition) is 1. The third-order valence-electron chi connectivity index (χ3n) is 4.32. The van der Waals surface area contributed by atoms with Crippen LogP contribution in [0.4, 0.5) is 5.69 Å². The summed E-state index contributed by atoms with van der Waals surface area (Å²) in [5.41, 5.74) is 3.66. The molecule has 0 saturated heterocycles. The van der Waals surface area contributed by atoms with Crippen LogP contribution in [0, 0.1) is 13.8 Å². The molecule has 0 saturated carbocycles. The molecule has 1 aromatic carbocycles. The molecule has 2 heterocycles. The van der Waals surface area contributed by atoms with Crippen LogP contribution < -0.4 is 5.32 Å². The van der Waals surface area contributed by atoms with Crippen molar-refractivity contribution in [3.8, 4) is 0 Å². The third-order valence-corrected chi connectivity index (χ3v) is 5.22. The Kier molecular flexibility index (Phi) is 5.84. The zero-order chi connectivity index (χ0) is 20.3. The predicted molar refractivity (Wildman–Crippen MR) is 105 cm³/mol. The Morgan fingerprint density at radius 3 is 2.50 bits per heavy atom. The molecule has 1 amide bonds. The minimum atomic E-state index is -0.472. The summed E-state index contributed by atoms with van der Waals surface area (Å²) in [4.78, 5) is 24.6. The van der Waals surface area contributed by atoms with Crippen LogP contribution in [0.2, 0.25) is 0 Å². The summed E-state index contributed by atoms with van der Waals surface area (Å²) in [6.07, 6.45) is 0.935. The van der Waals surface area contributed by atoms with Crippen molar-refractivity contribution in [2.75, 3.05) is 5.32 Å². The van der Waals surface area contributed by atoms with Crippen molar-refractivity contribution < 1.29 is 14.3 Å².